The summed E-state index contributed by atoms with van der Waals surface area (Å²) in [6, 6.07) is -1.60. The first-order valence-corrected chi connectivity index (χ1v) is 24.4. The lowest BCUT2D eigenvalue weighted by atomic mass is 10.1. The lowest BCUT2D eigenvalue weighted by Crippen LogP contribution is -2.43. The number of carbonyl (C=O) groups excluding carboxylic acids is 2. The average molecular weight is 886 g/mol. The smallest absolute Gasteiger partial charge is 0.472 e. The number of carboxylic acid groups (broad SMARTS) is 1. The van der Waals surface area contributed by atoms with Gasteiger partial charge in [0.05, 0.1) is 13.2 Å². The van der Waals surface area contributed by atoms with Crippen LogP contribution in [-0.4, -0.2) is 64.9 Å². The number of phosphoric ester groups is 1. The van der Waals surface area contributed by atoms with Gasteiger partial charge in [0.25, 0.3) is 0 Å². The fourth-order valence-electron chi connectivity index (χ4n) is 5.52. The number of unbranched alkanes of at least 4 members (excludes halogenated alkanes) is 9. The van der Waals surface area contributed by atoms with E-state index in [1.54, 1.807) is 0 Å². The number of aliphatic carboxylic acids is 1. The van der Waals surface area contributed by atoms with Crippen LogP contribution < -0.4 is 5.32 Å². The zero-order chi connectivity index (χ0) is 45.6. The van der Waals surface area contributed by atoms with Crippen LogP contribution in [0.3, 0.4) is 0 Å². The van der Waals surface area contributed by atoms with Crippen molar-refractivity contribution in [1.29, 1.82) is 0 Å². The molecule has 0 rings (SSSR count). The number of aliphatic hydroxyl groups is 1. The summed E-state index contributed by atoms with van der Waals surface area (Å²) in [5.41, 5.74) is 0. The molecular formula is C50H80NO10P. The minimum Gasteiger partial charge on any atom is -0.480 e. The van der Waals surface area contributed by atoms with Gasteiger partial charge in [0.15, 0.2) is 6.04 Å². The van der Waals surface area contributed by atoms with Crippen molar-refractivity contribution >= 4 is 25.7 Å². The number of phosphoric acid groups is 1. The molecule has 62 heavy (non-hydrogen) atoms. The molecule has 3 unspecified atom stereocenters. The van der Waals surface area contributed by atoms with Crippen molar-refractivity contribution in [2.75, 3.05) is 19.8 Å². The molecule has 0 aliphatic carbocycles. The fraction of sp³-hybridized carbons (Fsp3) is 0.580. The molecule has 0 fully saturated rings. The van der Waals surface area contributed by atoms with Crippen LogP contribution in [0.15, 0.2) is 109 Å². The number of hydrogen-bond donors (Lipinski definition) is 4. The highest BCUT2D eigenvalue weighted by atomic mass is 31.2. The van der Waals surface area contributed by atoms with Gasteiger partial charge in [0.1, 0.15) is 12.7 Å². The number of allylic oxidation sites excluding steroid dienone is 18. The van der Waals surface area contributed by atoms with Gasteiger partial charge < -0.3 is 25.2 Å². The first-order valence-electron chi connectivity index (χ1n) is 22.9. The highest BCUT2D eigenvalue weighted by Gasteiger charge is 2.28. The van der Waals surface area contributed by atoms with Crippen molar-refractivity contribution in [1.82, 2.24) is 5.32 Å². The molecule has 0 radical (unpaired) electrons. The standard InChI is InChI=1S/C50H80NO10P/c1-3-5-7-9-11-13-15-17-19-21-23-25-27-29-31-33-35-37-39-41-48(53)51-47(50(55)56)45-61-62(57,58)60-44-46(52)43-59-49(54)42-40-38-36-34-32-30-28-26-24-22-20-18-16-14-12-10-8-6-4-2/h5,7,11-14,17-20,23-26,29,31,35,37,46-47,52H,3-4,6,8-10,15-16,21-22,27-28,30,32-34,36,38-45H2,1-2H3,(H,51,53)(H,55,56)(H,57,58)/b7-5-,13-11-,14-12-,19-17-,20-18-,25-23-,26-24-,31-29-,37-35-. The molecule has 0 saturated carbocycles. The summed E-state index contributed by atoms with van der Waals surface area (Å²) in [7, 11) is -4.79. The van der Waals surface area contributed by atoms with E-state index in [4.69, 9.17) is 13.8 Å². The number of aliphatic hydroxyl groups excluding tert-OH is 1. The van der Waals surface area contributed by atoms with Crippen molar-refractivity contribution in [3.8, 4) is 0 Å². The van der Waals surface area contributed by atoms with Gasteiger partial charge in [0, 0.05) is 12.8 Å². The molecule has 0 bridgehead atoms. The number of carbonyl (C=O) groups is 3. The molecule has 0 aromatic rings. The first kappa shape index (κ1) is 58.1. The summed E-state index contributed by atoms with van der Waals surface area (Å²) in [4.78, 5) is 45.9. The Balaban J connectivity index is 4.03. The van der Waals surface area contributed by atoms with E-state index < -0.39 is 57.6 Å². The lowest BCUT2D eigenvalue weighted by Gasteiger charge is -2.18. The van der Waals surface area contributed by atoms with Gasteiger partial charge in [-0.1, -0.05) is 162 Å². The minimum absolute atomic E-state index is 0.0128. The summed E-state index contributed by atoms with van der Waals surface area (Å²) in [6.07, 6.45) is 56.9. The summed E-state index contributed by atoms with van der Waals surface area (Å²) in [5, 5.41) is 21.8. The predicted molar refractivity (Wildman–Crippen MR) is 253 cm³/mol. The zero-order valence-electron chi connectivity index (χ0n) is 37.9. The van der Waals surface area contributed by atoms with E-state index in [-0.39, 0.29) is 12.8 Å². The van der Waals surface area contributed by atoms with Crippen molar-refractivity contribution < 1.29 is 47.8 Å². The second-order valence-electron chi connectivity index (χ2n) is 14.9. The van der Waals surface area contributed by atoms with E-state index in [0.717, 1.165) is 83.5 Å². The number of rotatable bonds is 41. The largest absolute Gasteiger partial charge is 0.480 e. The quantitative estimate of drug-likeness (QED) is 0.0201. The van der Waals surface area contributed by atoms with Crippen molar-refractivity contribution in [2.45, 2.75) is 167 Å². The van der Waals surface area contributed by atoms with E-state index in [2.05, 4.69) is 110 Å². The van der Waals surface area contributed by atoms with Gasteiger partial charge in [-0.3, -0.25) is 18.6 Å². The van der Waals surface area contributed by atoms with Crippen LogP contribution >= 0.6 is 7.82 Å². The van der Waals surface area contributed by atoms with Crippen LogP contribution in [-0.2, 0) is 32.7 Å². The van der Waals surface area contributed by atoms with Gasteiger partial charge >= 0.3 is 19.8 Å². The molecule has 0 spiro atoms. The number of amides is 1. The number of carboxylic acids is 1. The molecule has 0 aliphatic heterocycles. The molecule has 0 aromatic heterocycles. The lowest BCUT2D eigenvalue weighted by molar-refractivity contribution is -0.147. The Labute approximate surface area is 374 Å². The Morgan fingerprint density at radius 2 is 0.952 bits per heavy atom. The van der Waals surface area contributed by atoms with Gasteiger partial charge in [-0.2, -0.15) is 0 Å². The monoisotopic (exact) mass is 886 g/mol. The molecule has 0 saturated heterocycles. The Bertz CT molecular complexity index is 1460. The first-order chi connectivity index (χ1) is 30.1. The van der Waals surface area contributed by atoms with Crippen LogP contribution in [0.5, 0.6) is 0 Å². The molecule has 3 atom stereocenters. The number of ether oxygens (including phenoxy) is 1. The minimum atomic E-state index is -4.79. The highest BCUT2D eigenvalue weighted by Crippen LogP contribution is 2.43. The van der Waals surface area contributed by atoms with Crippen LogP contribution in [0.25, 0.3) is 0 Å². The molecular weight excluding hydrogens is 806 g/mol. The van der Waals surface area contributed by atoms with E-state index in [1.807, 2.05) is 18.2 Å². The second-order valence-corrected chi connectivity index (χ2v) is 16.3. The third kappa shape index (κ3) is 42.8. The predicted octanol–water partition coefficient (Wildman–Crippen LogP) is 12.2. The topological polar surface area (TPSA) is 169 Å². The van der Waals surface area contributed by atoms with Gasteiger partial charge in [-0.15, -0.1) is 0 Å². The number of nitrogens with one attached hydrogen (secondary N) is 1. The molecule has 1 amide bonds. The zero-order valence-corrected chi connectivity index (χ0v) is 38.8. The highest BCUT2D eigenvalue weighted by molar-refractivity contribution is 7.47. The number of hydrogen-bond acceptors (Lipinski definition) is 8. The Kier molecular flexibility index (Phi) is 41.0. The fourth-order valence-corrected chi connectivity index (χ4v) is 6.29. The van der Waals surface area contributed by atoms with E-state index in [9.17, 15) is 34.1 Å². The summed E-state index contributed by atoms with van der Waals surface area (Å²) in [5.74, 6) is -2.52. The van der Waals surface area contributed by atoms with Crippen LogP contribution in [0.4, 0.5) is 0 Å². The Morgan fingerprint density at radius 1 is 0.532 bits per heavy atom. The maximum absolute atomic E-state index is 12.3. The maximum Gasteiger partial charge on any atom is 0.472 e. The molecule has 11 nitrogen and oxygen atoms in total. The average Bonchev–Trinajstić information content (AvgIpc) is 3.25. The third-order valence-corrected chi connectivity index (χ3v) is 10.0. The van der Waals surface area contributed by atoms with Gasteiger partial charge in [-0.05, 0) is 89.9 Å². The van der Waals surface area contributed by atoms with Gasteiger partial charge in [0.2, 0.25) is 5.91 Å². The van der Waals surface area contributed by atoms with Crippen LogP contribution in [0.2, 0.25) is 0 Å². The normalized spacial score (nSPS) is 14.6. The number of esters is 1. The maximum atomic E-state index is 12.3. The van der Waals surface area contributed by atoms with Gasteiger partial charge in [-0.25, -0.2) is 9.36 Å². The molecule has 0 aromatic carbocycles. The van der Waals surface area contributed by atoms with E-state index >= 15 is 0 Å². The van der Waals surface area contributed by atoms with Crippen LogP contribution in [0.1, 0.15) is 155 Å². The second kappa shape index (κ2) is 43.8. The molecule has 4 N–H and O–H groups in total. The van der Waals surface area contributed by atoms with E-state index in [1.165, 1.54) is 25.7 Å². The Morgan fingerprint density at radius 3 is 1.44 bits per heavy atom. The third-order valence-electron chi connectivity index (χ3n) is 9.06. The molecule has 12 heteroatoms. The van der Waals surface area contributed by atoms with Crippen molar-refractivity contribution in [3.05, 3.63) is 109 Å². The van der Waals surface area contributed by atoms with Crippen molar-refractivity contribution in [2.24, 2.45) is 0 Å². The molecule has 350 valence electrons. The summed E-state index contributed by atoms with van der Waals surface area (Å²) >= 11 is 0. The SMILES string of the molecule is CC/C=C\C/C=C\C/C=C\C/C=C\C/C=C\C/C=C\CCC(=O)NC(COP(=O)(O)OCC(O)COC(=O)CCCCCCCC/C=C\C/C=C\C/C=C\CCCCC)C(=O)O. The van der Waals surface area contributed by atoms with E-state index in [0.29, 0.717) is 19.3 Å². The molecule has 0 aliphatic rings. The summed E-state index contributed by atoms with van der Waals surface area (Å²) in [6.45, 7) is 2.37. The summed E-state index contributed by atoms with van der Waals surface area (Å²) < 4.78 is 26.8. The molecule has 0 heterocycles. The van der Waals surface area contributed by atoms with Crippen molar-refractivity contribution in [3.63, 3.8) is 0 Å². The Hall–Kier alpha value is -3.86. The van der Waals surface area contributed by atoms with Crippen LogP contribution in [0, 0.1) is 0 Å².